The van der Waals surface area contributed by atoms with E-state index in [0.717, 1.165) is 21.9 Å². The van der Waals surface area contributed by atoms with E-state index in [0.29, 0.717) is 21.9 Å². The van der Waals surface area contributed by atoms with Crippen molar-refractivity contribution in [3.05, 3.63) is 82.9 Å². The fraction of sp³-hybridized carbons (Fsp3) is 0.167. The monoisotopic (exact) mass is 510 g/mol. The van der Waals surface area contributed by atoms with Crippen molar-refractivity contribution in [3.8, 4) is 0 Å². The van der Waals surface area contributed by atoms with Crippen LogP contribution in [-0.2, 0) is 20.2 Å². The van der Waals surface area contributed by atoms with Crippen molar-refractivity contribution in [1.82, 2.24) is 0 Å². The van der Waals surface area contributed by atoms with Crippen LogP contribution >= 0.6 is 0 Å². The molecule has 0 aliphatic heterocycles. The zero-order valence-corrected chi connectivity index (χ0v) is 22.6. The molecule has 0 saturated heterocycles. The third kappa shape index (κ3) is 5.95. The molecule has 4 aromatic rings. The Morgan fingerprint density at radius 2 is 0.879 bits per heavy atom. The predicted molar refractivity (Wildman–Crippen MR) is 129 cm³/mol. The Balaban J connectivity index is 0.000000227. The Morgan fingerprint density at radius 1 is 0.576 bits per heavy atom. The van der Waals surface area contributed by atoms with Gasteiger partial charge in [0, 0.05) is 0 Å². The summed E-state index contributed by atoms with van der Waals surface area (Å²) < 4.78 is 67.6. The minimum Gasteiger partial charge on any atom is -0.744 e. The maximum absolute atomic E-state index is 11.3. The molecule has 0 saturated carbocycles. The molecule has 0 aliphatic rings. The molecule has 6 nitrogen and oxygen atoms in total. The summed E-state index contributed by atoms with van der Waals surface area (Å²) in [6, 6.07) is 17.8. The van der Waals surface area contributed by atoms with Crippen LogP contribution in [0.15, 0.2) is 70.5 Å². The first-order valence-electron chi connectivity index (χ1n) is 9.72. The molecule has 0 amide bonds. The second kappa shape index (κ2) is 10.4. The molecule has 0 atom stereocenters. The van der Waals surface area contributed by atoms with Gasteiger partial charge in [0.05, 0.1) is 9.79 Å². The summed E-state index contributed by atoms with van der Waals surface area (Å²) in [5, 5.41) is 2.56. The molecule has 9 heteroatoms. The first kappa shape index (κ1) is 27.7. The maximum atomic E-state index is 11.3. The topological polar surface area (TPSA) is 114 Å². The van der Waals surface area contributed by atoms with Gasteiger partial charge in [0.15, 0.2) is 0 Å². The fourth-order valence-electron chi connectivity index (χ4n) is 3.75. The van der Waals surface area contributed by atoms with Crippen molar-refractivity contribution < 1.29 is 25.9 Å². The summed E-state index contributed by atoms with van der Waals surface area (Å²) in [5.41, 5.74) is 2.70. The van der Waals surface area contributed by atoms with Crippen molar-refractivity contribution in [2.75, 3.05) is 0 Å². The molecule has 0 unspecified atom stereocenters. The van der Waals surface area contributed by atoms with Crippen molar-refractivity contribution in [2.24, 2.45) is 0 Å². The summed E-state index contributed by atoms with van der Waals surface area (Å²) in [4.78, 5) is -0.189. The molecule has 168 valence electrons. The molecule has 0 spiro atoms. The van der Waals surface area contributed by atoms with Crippen LogP contribution in [0.4, 0.5) is 0 Å². The van der Waals surface area contributed by atoms with Crippen molar-refractivity contribution in [1.29, 1.82) is 0 Å². The average Bonchev–Trinajstić information content (AvgIpc) is 2.68. The van der Waals surface area contributed by atoms with Crippen molar-refractivity contribution in [3.63, 3.8) is 0 Å². The normalized spacial score (nSPS) is 11.6. The summed E-state index contributed by atoms with van der Waals surface area (Å²) in [6.45, 7) is 6.92. The molecule has 0 aliphatic carbocycles. The van der Waals surface area contributed by atoms with Gasteiger partial charge in [-0.1, -0.05) is 60.7 Å². The minimum absolute atomic E-state index is 0. The van der Waals surface area contributed by atoms with Crippen LogP contribution < -0.4 is 0 Å². The van der Waals surface area contributed by atoms with E-state index in [1.807, 2.05) is 24.3 Å². The van der Waals surface area contributed by atoms with E-state index in [-0.39, 0.29) is 47.5 Å². The van der Waals surface area contributed by atoms with Gasteiger partial charge in [-0.05, 0) is 71.5 Å². The van der Waals surface area contributed by atoms with Gasteiger partial charge in [0.2, 0.25) is 0 Å². The molecule has 0 fully saturated rings. The molecule has 0 bridgehead atoms. The zero-order valence-electron chi connectivity index (χ0n) is 18.7. The van der Waals surface area contributed by atoms with Crippen LogP contribution in [0, 0.1) is 27.7 Å². The van der Waals surface area contributed by atoms with E-state index in [1.165, 1.54) is 0 Å². The van der Waals surface area contributed by atoms with E-state index in [9.17, 15) is 25.9 Å². The molecule has 0 radical (unpaired) electrons. The maximum Gasteiger partial charge on any atom is 2.00 e. The quantitative estimate of drug-likeness (QED) is 0.293. The average molecular weight is 511 g/mol. The van der Waals surface area contributed by atoms with Crippen LogP contribution in [0.1, 0.15) is 22.3 Å². The molecular formula is C24H22CaO6S2. The van der Waals surface area contributed by atoms with Crippen molar-refractivity contribution in [2.45, 2.75) is 37.5 Å². The van der Waals surface area contributed by atoms with Gasteiger partial charge in [0.1, 0.15) is 20.2 Å². The van der Waals surface area contributed by atoms with Crippen LogP contribution in [0.2, 0.25) is 0 Å². The molecule has 0 aromatic heterocycles. The molecule has 4 aromatic carbocycles. The Labute approximate surface area is 224 Å². The summed E-state index contributed by atoms with van der Waals surface area (Å²) >= 11 is 0. The van der Waals surface area contributed by atoms with Gasteiger partial charge in [-0.15, -0.1) is 0 Å². The summed E-state index contributed by atoms with van der Waals surface area (Å²) in [7, 11) is -8.87. The number of rotatable bonds is 2. The molecule has 0 N–H and O–H groups in total. The van der Waals surface area contributed by atoms with E-state index in [1.54, 1.807) is 64.1 Å². The second-order valence-electron chi connectivity index (χ2n) is 7.65. The SMILES string of the molecule is Cc1cc2ccccc2c(S(=O)(=O)[O-])c1C.Cc1cc2ccccc2c(S(=O)(=O)[O-])c1C.[Ca+2]. The van der Waals surface area contributed by atoms with E-state index in [2.05, 4.69) is 0 Å². The Bertz CT molecular complexity index is 1440. The largest absolute Gasteiger partial charge is 2.00 e. The summed E-state index contributed by atoms with van der Waals surface area (Å²) in [5.74, 6) is 0. The fourth-order valence-corrected chi connectivity index (χ4v) is 5.73. The second-order valence-corrected chi connectivity index (χ2v) is 10.3. The predicted octanol–water partition coefficient (Wildman–Crippen LogP) is 4.34. The van der Waals surface area contributed by atoms with Gasteiger partial charge in [-0.3, -0.25) is 0 Å². The first-order valence-corrected chi connectivity index (χ1v) is 12.5. The third-order valence-electron chi connectivity index (χ3n) is 5.52. The minimum atomic E-state index is -4.43. The number of aryl methyl sites for hydroxylation is 2. The first-order chi connectivity index (χ1) is 14.8. The van der Waals surface area contributed by atoms with E-state index in [4.69, 9.17) is 0 Å². The standard InChI is InChI=1S/2C12H12O3S.Ca/c2*1-8-7-10-5-3-4-6-11(10)12(9(8)2)16(13,14)15;/h2*3-7H,1-2H3,(H,13,14,15);/q;;+2/p-2. The van der Waals surface area contributed by atoms with Crippen LogP contribution in [0.5, 0.6) is 0 Å². The number of fused-ring (bicyclic) bond motifs is 2. The molecule has 0 heterocycles. The van der Waals surface area contributed by atoms with Gasteiger partial charge in [-0.2, -0.15) is 0 Å². The van der Waals surface area contributed by atoms with Crippen LogP contribution in [0.25, 0.3) is 21.5 Å². The Morgan fingerprint density at radius 3 is 1.18 bits per heavy atom. The van der Waals surface area contributed by atoms with Gasteiger partial charge >= 0.3 is 37.7 Å². The van der Waals surface area contributed by atoms with Gasteiger partial charge < -0.3 is 9.11 Å². The Kier molecular flexibility index (Phi) is 8.73. The van der Waals surface area contributed by atoms with Gasteiger partial charge in [0.25, 0.3) is 0 Å². The summed E-state index contributed by atoms with van der Waals surface area (Å²) in [6.07, 6.45) is 0. The third-order valence-corrected chi connectivity index (χ3v) is 7.57. The zero-order chi connectivity index (χ0) is 23.8. The Hall–Kier alpha value is -1.52. The molecule has 4 rings (SSSR count). The van der Waals surface area contributed by atoms with Crippen LogP contribution in [0.3, 0.4) is 0 Å². The number of benzene rings is 4. The number of hydrogen-bond donors (Lipinski definition) is 0. The number of hydrogen-bond acceptors (Lipinski definition) is 6. The van der Waals surface area contributed by atoms with E-state index >= 15 is 0 Å². The van der Waals surface area contributed by atoms with E-state index < -0.39 is 20.2 Å². The van der Waals surface area contributed by atoms with Gasteiger partial charge in [-0.25, -0.2) is 16.8 Å². The molecule has 33 heavy (non-hydrogen) atoms. The van der Waals surface area contributed by atoms with Crippen LogP contribution in [-0.4, -0.2) is 63.7 Å². The molecular weight excluding hydrogens is 488 g/mol. The van der Waals surface area contributed by atoms with Crippen molar-refractivity contribution >= 4 is 79.5 Å². The smallest absolute Gasteiger partial charge is 0.744 e.